The number of ether oxygens (including phenoxy) is 1. The molecule has 0 aliphatic heterocycles. The van der Waals surface area contributed by atoms with Crippen LogP contribution in [0.4, 0.5) is 5.82 Å². The first kappa shape index (κ1) is 17.9. The van der Waals surface area contributed by atoms with Gasteiger partial charge >= 0.3 is 0 Å². The number of hydrogen-bond donors (Lipinski definition) is 1. The van der Waals surface area contributed by atoms with Crippen LogP contribution in [0.25, 0.3) is 17.8 Å². The number of aryl methyl sites for hydroxylation is 1. The number of nitrogens with one attached hydrogen (secondary N) is 1. The molecule has 1 N–H and O–H groups in total. The number of methoxy groups -OCH3 is 1. The number of pyridine rings is 1. The van der Waals surface area contributed by atoms with E-state index in [9.17, 15) is 0 Å². The van der Waals surface area contributed by atoms with Crippen molar-refractivity contribution in [2.45, 2.75) is 13.5 Å². The third-order valence-electron chi connectivity index (χ3n) is 4.67. The summed E-state index contributed by atoms with van der Waals surface area (Å²) in [6.07, 6.45) is 6.14. The summed E-state index contributed by atoms with van der Waals surface area (Å²) in [7, 11) is 1.69. The van der Waals surface area contributed by atoms with Crippen molar-refractivity contribution in [3.05, 3.63) is 95.3 Å². The quantitative estimate of drug-likeness (QED) is 0.492. The molecule has 2 heterocycles. The molecule has 0 saturated heterocycles. The van der Waals surface area contributed by atoms with Crippen LogP contribution in [0.1, 0.15) is 22.4 Å². The number of aromatic nitrogens is 2. The summed E-state index contributed by atoms with van der Waals surface area (Å²) < 4.78 is 7.55. The molecule has 0 saturated carbocycles. The molecule has 4 rings (SSSR count). The summed E-state index contributed by atoms with van der Waals surface area (Å²) in [6.45, 7) is 2.81. The fraction of sp³-hybridized carbons (Fsp3) is 0.125. The average molecular weight is 369 g/mol. The molecule has 0 aliphatic carbocycles. The first-order chi connectivity index (χ1) is 13.7. The third kappa shape index (κ3) is 3.76. The zero-order valence-corrected chi connectivity index (χ0v) is 16.1. The Kier molecular flexibility index (Phi) is 5.11. The SMILES string of the molecule is COc1ccccc1/C=C/c1nc2cc(C)ccn2c1NCc1ccccc1. The molecular weight excluding hydrogens is 346 g/mol. The number of imidazole rings is 1. The lowest BCUT2D eigenvalue weighted by atomic mass is 10.1. The molecule has 0 radical (unpaired) electrons. The number of fused-ring (bicyclic) bond motifs is 1. The average Bonchev–Trinajstić information content (AvgIpc) is 3.08. The van der Waals surface area contributed by atoms with Gasteiger partial charge < -0.3 is 10.1 Å². The van der Waals surface area contributed by atoms with Gasteiger partial charge in [-0.25, -0.2) is 4.98 Å². The van der Waals surface area contributed by atoms with Crippen molar-refractivity contribution in [3.8, 4) is 5.75 Å². The Bertz CT molecular complexity index is 1110. The minimum absolute atomic E-state index is 0.734. The highest BCUT2D eigenvalue weighted by molar-refractivity contribution is 5.77. The molecule has 0 bridgehead atoms. The Labute approximate surface area is 165 Å². The largest absolute Gasteiger partial charge is 0.496 e. The van der Waals surface area contributed by atoms with Crippen molar-refractivity contribution >= 4 is 23.6 Å². The summed E-state index contributed by atoms with van der Waals surface area (Å²) in [6, 6.07) is 22.5. The second-order valence-electron chi connectivity index (χ2n) is 6.69. The lowest BCUT2D eigenvalue weighted by molar-refractivity contribution is 0.414. The monoisotopic (exact) mass is 369 g/mol. The Hall–Kier alpha value is -3.53. The number of benzene rings is 2. The second kappa shape index (κ2) is 8.01. The Morgan fingerprint density at radius 1 is 1.00 bits per heavy atom. The van der Waals surface area contributed by atoms with E-state index in [1.54, 1.807) is 7.11 Å². The molecule has 0 atom stereocenters. The van der Waals surface area contributed by atoms with E-state index in [1.165, 1.54) is 11.1 Å². The number of para-hydroxylation sites is 1. The van der Waals surface area contributed by atoms with Gasteiger partial charge in [-0.3, -0.25) is 4.40 Å². The minimum Gasteiger partial charge on any atom is -0.496 e. The van der Waals surface area contributed by atoms with Gasteiger partial charge in [-0.2, -0.15) is 0 Å². The van der Waals surface area contributed by atoms with Crippen LogP contribution in [0.3, 0.4) is 0 Å². The van der Waals surface area contributed by atoms with Crippen molar-refractivity contribution in [2.75, 3.05) is 12.4 Å². The zero-order valence-electron chi connectivity index (χ0n) is 16.1. The van der Waals surface area contributed by atoms with Gasteiger partial charge in [-0.05, 0) is 48.4 Å². The fourth-order valence-electron chi connectivity index (χ4n) is 3.21. The highest BCUT2D eigenvalue weighted by atomic mass is 16.5. The van der Waals surface area contributed by atoms with Crippen LogP contribution in [-0.2, 0) is 6.54 Å². The Morgan fingerprint density at radius 2 is 1.79 bits per heavy atom. The van der Waals surface area contributed by atoms with Crippen molar-refractivity contribution in [3.63, 3.8) is 0 Å². The second-order valence-corrected chi connectivity index (χ2v) is 6.69. The van der Waals surface area contributed by atoms with Crippen LogP contribution >= 0.6 is 0 Å². The number of anilines is 1. The molecule has 2 aromatic heterocycles. The van der Waals surface area contributed by atoms with Gasteiger partial charge in [0.15, 0.2) is 0 Å². The summed E-state index contributed by atoms with van der Waals surface area (Å²) in [5.41, 5.74) is 5.26. The van der Waals surface area contributed by atoms with Gasteiger partial charge in [-0.15, -0.1) is 0 Å². The zero-order chi connectivity index (χ0) is 19.3. The van der Waals surface area contributed by atoms with E-state index < -0.39 is 0 Å². The minimum atomic E-state index is 0.734. The van der Waals surface area contributed by atoms with Crippen LogP contribution in [0, 0.1) is 6.92 Å². The topological polar surface area (TPSA) is 38.6 Å². The molecule has 0 fully saturated rings. The smallest absolute Gasteiger partial charge is 0.139 e. The van der Waals surface area contributed by atoms with Gasteiger partial charge in [0.1, 0.15) is 22.9 Å². The van der Waals surface area contributed by atoms with Gasteiger partial charge in [0.25, 0.3) is 0 Å². The van der Waals surface area contributed by atoms with E-state index in [0.29, 0.717) is 0 Å². The van der Waals surface area contributed by atoms with Crippen LogP contribution in [0.2, 0.25) is 0 Å². The van der Waals surface area contributed by atoms with Crippen LogP contribution < -0.4 is 10.1 Å². The number of hydrogen-bond acceptors (Lipinski definition) is 3. The van der Waals surface area contributed by atoms with Gasteiger partial charge in [0, 0.05) is 18.3 Å². The first-order valence-corrected chi connectivity index (χ1v) is 9.32. The predicted octanol–water partition coefficient (Wildman–Crippen LogP) is 5.43. The number of rotatable bonds is 6. The molecule has 4 aromatic rings. The molecular formula is C24H23N3O. The maximum Gasteiger partial charge on any atom is 0.139 e. The van der Waals surface area contributed by atoms with Crippen LogP contribution in [-0.4, -0.2) is 16.5 Å². The third-order valence-corrected chi connectivity index (χ3v) is 4.67. The normalized spacial score (nSPS) is 11.2. The van der Waals surface area contributed by atoms with Gasteiger partial charge in [0.05, 0.1) is 7.11 Å². The fourth-order valence-corrected chi connectivity index (χ4v) is 3.21. The van der Waals surface area contributed by atoms with Gasteiger partial charge in [-0.1, -0.05) is 48.5 Å². The lowest BCUT2D eigenvalue weighted by Crippen LogP contribution is -2.03. The summed E-state index contributed by atoms with van der Waals surface area (Å²) >= 11 is 0. The van der Waals surface area contributed by atoms with Crippen molar-refractivity contribution in [1.82, 2.24) is 9.38 Å². The summed E-state index contributed by atoms with van der Waals surface area (Å²) in [5, 5.41) is 3.55. The molecule has 0 unspecified atom stereocenters. The summed E-state index contributed by atoms with van der Waals surface area (Å²) in [4.78, 5) is 4.83. The van der Waals surface area contributed by atoms with Crippen molar-refractivity contribution in [1.29, 1.82) is 0 Å². The van der Waals surface area contributed by atoms with E-state index in [0.717, 1.165) is 35.0 Å². The lowest BCUT2D eigenvalue weighted by Gasteiger charge is -2.08. The molecule has 28 heavy (non-hydrogen) atoms. The standard InChI is InChI=1S/C24H23N3O/c1-18-14-15-27-23(16-18)26-21(13-12-20-10-6-7-11-22(20)28-2)24(27)25-17-19-8-4-3-5-9-19/h3-16,25H,17H2,1-2H3/b13-12+. The van der Waals surface area contributed by atoms with Gasteiger partial charge in [0.2, 0.25) is 0 Å². The highest BCUT2D eigenvalue weighted by Gasteiger charge is 2.10. The first-order valence-electron chi connectivity index (χ1n) is 9.32. The Balaban J connectivity index is 1.71. The molecule has 0 aliphatic rings. The molecule has 4 nitrogen and oxygen atoms in total. The van der Waals surface area contributed by atoms with Crippen LogP contribution in [0.5, 0.6) is 5.75 Å². The van der Waals surface area contributed by atoms with E-state index >= 15 is 0 Å². The van der Waals surface area contributed by atoms with Crippen LogP contribution in [0.15, 0.2) is 72.9 Å². The van der Waals surface area contributed by atoms with Crippen molar-refractivity contribution < 1.29 is 4.74 Å². The maximum absolute atomic E-state index is 5.45. The summed E-state index contributed by atoms with van der Waals surface area (Å²) in [5.74, 6) is 1.82. The molecule has 0 amide bonds. The Morgan fingerprint density at radius 3 is 2.61 bits per heavy atom. The maximum atomic E-state index is 5.45. The van der Waals surface area contributed by atoms with E-state index in [4.69, 9.17) is 9.72 Å². The molecule has 0 spiro atoms. The van der Waals surface area contributed by atoms with Crippen molar-refractivity contribution in [2.24, 2.45) is 0 Å². The molecule has 140 valence electrons. The predicted molar refractivity (Wildman–Crippen MR) is 116 cm³/mol. The number of nitrogens with zero attached hydrogens (tertiary/aromatic N) is 2. The van der Waals surface area contributed by atoms with E-state index in [-0.39, 0.29) is 0 Å². The van der Waals surface area contributed by atoms with E-state index in [1.807, 2.05) is 42.5 Å². The van der Waals surface area contributed by atoms with E-state index in [2.05, 4.69) is 59.2 Å². The molecule has 2 aromatic carbocycles. The molecule has 4 heteroatoms. The highest BCUT2D eigenvalue weighted by Crippen LogP contribution is 2.24.